The van der Waals surface area contributed by atoms with E-state index in [2.05, 4.69) is 0 Å². The molecule has 0 atom stereocenters. The van der Waals surface area contributed by atoms with E-state index >= 15 is 0 Å². The van der Waals surface area contributed by atoms with E-state index in [-0.39, 0.29) is 29.1 Å². The van der Waals surface area contributed by atoms with Crippen LogP contribution < -0.4 is 0 Å². The molecule has 134 valence electrons. The number of carbonyl (C=O) groups is 4. The minimum Gasteiger partial charge on any atom is -0.386 e. The summed E-state index contributed by atoms with van der Waals surface area (Å²) >= 11 is 0. The van der Waals surface area contributed by atoms with E-state index in [1.165, 1.54) is 0 Å². The van der Waals surface area contributed by atoms with Crippen molar-refractivity contribution in [1.29, 1.82) is 0 Å². The fraction of sp³-hybridized carbons (Fsp3) is 0.0435. The highest BCUT2D eigenvalue weighted by molar-refractivity contribution is 6.24. The Morgan fingerprint density at radius 2 is 1.14 bits per heavy atom. The van der Waals surface area contributed by atoms with Gasteiger partial charge in [-0.2, -0.15) is 0 Å². The average Bonchev–Trinajstić information content (AvgIpc) is 3.16. The van der Waals surface area contributed by atoms with Crippen LogP contribution in [-0.4, -0.2) is 23.5 Å². The van der Waals surface area contributed by atoms with Crippen LogP contribution in [0.1, 0.15) is 47.9 Å². The van der Waals surface area contributed by atoms with Crippen LogP contribution in [0.5, 0.6) is 0 Å². The quantitative estimate of drug-likeness (QED) is 0.503. The Morgan fingerprint density at radius 3 is 1.82 bits per heavy atom. The van der Waals surface area contributed by atoms with Crippen LogP contribution in [0.2, 0.25) is 0 Å². The lowest BCUT2D eigenvalue weighted by Crippen LogP contribution is -1.97. The first-order valence-electron chi connectivity index (χ1n) is 8.74. The molecule has 28 heavy (non-hydrogen) atoms. The van der Waals surface area contributed by atoms with E-state index in [9.17, 15) is 19.2 Å². The van der Waals surface area contributed by atoms with Crippen molar-refractivity contribution in [2.24, 2.45) is 0 Å². The first kappa shape index (κ1) is 16.3. The Balaban J connectivity index is 1.78. The van der Waals surface area contributed by atoms with Gasteiger partial charge in [0.05, 0.1) is 17.5 Å². The second-order valence-electron chi connectivity index (χ2n) is 6.77. The maximum atomic E-state index is 12.2. The number of rotatable bonds is 2. The zero-order valence-corrected chi connectivity index (χ0v) is 14.5. The Labute approximate surface area is 159 Å². The molecule has 3 aromatic carbocycles. The molecule has 0 amide bonds. The molecular weight excluding hydrogens is 356 g/mol. The van der Waals surface area contributed by atoms with Gasteiger partial charge in [-0.05, 0) is 40.5 Å². The molecule has 2 aliphatic rings. The predicted molar refractivity (Wildman–Crippen MR) is 100 cm³/mol. The highest BCUT2D eigenvalue weighted by Crippen LogP contribution is 2.38. The fourth-order valence-corrected chi connectivity index (χ4v) is 3.75. The van der Waals surface area contributed by atoms with E-state index in [4.69, 9.17) is 4.74 Å². The molecule has 0 unspecified atom stereocenters. The minimum absolute atomic E-state index is 0.116. The SMILES string of the molecule is O=C1CC(=O)c2cc(-c3cc4c(cc3-c3ccccc3)C(=O)OC4=O)ccc21. The number of Topliss-reactive ketones (excluding diaryl/α,β-unsaturated/α-hetero) is 2. The molecule has 0 fully saturated rings. The van der Waals surface area contributed by atoms with Crippen molar-refractivity contribution in [2.75, 3.05) is 0 Å². The van der Waals surface area contributed by atoms with Crippen LogP contribution >= 0.6 is 0 Å². The molecule has 0 saturated heterocycles. The van der Waals surface area contributed by atoms with E-state index in [0.717, 1.165) is 11.1 Å². The van der Waals surface area contributed by atoms with E-state index in [0.29, 0.717) is 22.3 Å². The van der Waals surface area contributed by atoms with Crippen LogP contribution in [0.4, 0.5) is 0 Å². The summed E-state index contributed by atoms with van der Waals surface area (Å²) in [6.07, 6.45) is -0.116. The van der Waals surface area contributed by atoms with Crippen molar-refractivity contribution in [3.05, 3.63) is 82.9 Å². The van der Waals surface area contributed by atoms with E-state index < -0.39 is 11.9 Å². The van der Waals surface area contributed by atoms with E-state index in [1.54, 1.807) is 30.3 Å². The molecule has 5 nitrogen and oxygen atoms in total. The molecule has 0 N–H and O–H groups in total. The van der Waals surface area contributed by atoms with Crippen LogP contribution in [-0.2, 0) is 4.74 Å². The van der Waals surface area contributed by atoms with Gasteiger partial charge < -0.3 is 4.74 Å². The average molecular weight is 368 g/mol. The van der Waals surface area contributed by atoms with Crippen molar-refractivity contribution < 1.29 is 23.9 Å². The fourth-order valence-electron chi connectivity index (χ4n) is 3.75. The number of ketones is 2. The molecule has 5 heteroatoms. The number of carbonyl (C=O) groups excluding carboxylic acids is 4. The molecule has 1 aliphatic carbocycles. The normalized spacial score (nSPS) is 14.9. The Bertz CT molecular complexity index is 1220. The highest BCUT2D eigenvalue weighted by Gasteiger charge is 2.32. The maximum Gasteiger partial charge on any atom is 0.346 e. The van der Waals surface area contributed by atoms with Crippen LogP contribution in [0, 0.1) is 0 Å². The summed E-state index contributed by atoms with van der Waals surface area (Å²) in [6, 6.07) is 17.8. The van der Waals surface area contributed by atoms with Crippen molar-refractivity contribution in [2.45, 2.75) is 6.42 Å². The summed E-state index contributed by atoms with van der Waals surface area (Å²) in [5.41, 5.74) is 4.20. The van der Waals surface area contributed by atoms with Crippen LogP contribution in [0.3, 0.4) is 0 Å². The topological polar surface area (TPSA) is 77.5 Å². The largest absolute Gasteiger partial charge is 0.386 e. The maximum absolute atomic E-state index is 12.2. The summed E-state index contributed by atoms with van der Waals surface area (Å²) in [6.45, 7) is 0. The zero-order chi connectivity index (χ0) is 19.4. The molecule has 3 aromatic rings. The summed E-state index contributed by atoms with van der Waals surface area (Å²) in [5.74, 6) is -1.75. The second-order valence-corrected chi connectivity index (χ2v) is 6.77. The smallest absolute Gasteiger partial charge is 0.346 e. The third-order valence-corrected chi connectivity index (χ3v) is 5.12. The predicted octanol–water partition coefficient (Wildman–Crippen LogP) is 4.10. The lowest BCUT2D eigenvalue weighted by molar-refractivity contribution is 0.0443. The Morgan fingerprint density at radius 1 is 0.536 bits per heavy atom. The van der Waals surface area contributed by atoms with Crippen molar-refractivity contribution in [3.8, 4) is 22.3 Å². The number of hydrogen-bond acceptors (Lipinski definition) is 5. The number of cyclic esters (lactones) is 2. The van der Waals surface area contributed by atoms with E-state index in [1.807, 2.05) is 30.3 Å². The standard InChI is InChI=1S/C23H12O5/c24-20-11-21(25)17-8-13(6-7-14(17)20)16-10-19-18(22(26)28-23(19)27)9-15(16)12-4-2-1-3-5-12/h1-10H,11H2. The van der Waals surface area contributed by atoms with Gasteiger partial charge >= 0.3 is 11.9 Å². The molecule has 0 spiro atoms. The zero-order valence-electron chi connectivity index (χ0n) is 14.5. The number of fused-ring (bicyclic) bond motifs is 2. The third kappa shape index (κ3) is 2.33. The van der Waals surface area contributed by atoms with Gasteiger partial charge in [-0.15, -0.1) is 0 Å². The minimum atomic E-state index is -0.687. The number of esters is 2. The van der Waals surface area contributed by atoms with Gasteiger partial charge in [0.15, 0.2) is 11.6 Å². The van der Waals surface area contributed by atoms with Gasteiger partial charge in [0.2, 0.25) is 0 Å². The molecule has 1 aliphatic heterocycles. The van der Waals surface area contributed by atoms with Gasteiger partial charge in [-0.25, -0.2) is 9.59 Å². The summed E-state index contributed by atoms with van der Waals surface area (Å²) in [7, 11) is 0. The van der Waals surface area contributed by atoms with Crippen molar-refractivity contribution >= 4 is 23.5 Å². The Kier molecular flexibility index (Phi) is 3.39. The first-order valence-corrected chi connectivity index (χ1v) is 8.74. The second kappa shape index (κ2) is 5.82. The summed E-state index contributed by atoms with van der Waals surface area (Å²) in [4.78, 5) is 48.1. The lowest BCUT2D eigenvalue weighted by atomic mass is 9.89. The van der Waals surface area contributed by atoms with Gasteiger partial charge in [-0.1, -0.05) is 42.5 Å². The molecule has 1 heterocycles. The summed E-state index contributed by atoms with van der Waals surface area (Å²) < 4.78 is 4.74. The van der Waals surface area contributed by atoms with Crippen molar-refractivity contribution in [3.63, 3.8) is 0 Å². The summed E-state index contributed by atoms with van der Waals surface area (Å²) in [5, 5.41) is 0. The van der Waals surface area contributed by atoms with Crippen LogP contribution in [0.25, 0.3) is 22.3 Å². The van der Waals surface area contributed by atoms with Gasteiger partial charge in [0.1, 0.15) is 0 Å². The van der Waals surface area contributed by atoms with Gasteiger partial charge in [0.25, 0.3) is 0 Å². The number of benzene rings is 3. The first-order chi connectivity index (χ1) is 13.5. The molecule has 0 aromatic heterocycles. The third-order valence-electron chi connectivity index (χ3n) is 5.12. The number of ether oxygens (including phenoxy) is 1. The molecule has 0 saturated carbocycles. The highest BCUT2D eigenvalue weighted by atomic mass is 16.6. The lowest BCUT2D eigenvalue weighted by Gasteiger charge is -2.13. The van der Waals surface area contributed by atoms with Crippen molar-refractivity contribution in [1.82, 2.24) is 0 Å². The monoisotopic (exact) mass is 368 g/mol. The molecule has 5 rings (SSSR count). The van der Waals surface area contributed by atoms with Gasteiger partial charge in [-0.3, -0.25) is 9.59 Å². The Hall–Kier alpha value is -3.86. The molecule has 0 bridgehead atoms. The molecule has 0 radical (unpaired) electrons. The van der Waals surface area contributed by atoms with Crippen LogP contribution in [0.15, 0.2) is 60.7 Å². The number of hydrogen-bond donors (Lipinski definition) is 0. The van der Waals surface area contributed by atoms with Gasteiger partial charge in [0, 0.05) is 11.1 Å². The molecular formula is C23H12O5.